The van der Waals surface area contributed by atoms with E-state index >= 15 is 0 Å². The molecule has 2 aromatic heterocycles. The fourth-order valence-corrected chi connectivity index (χ4v) is 8.90. The molecule has 1 saturated carbocycles. The summed E-state index contributed by atoms with van der Waals surface area (Å²) in [4.78, 5) is 26.3. The summed E-state index contributed by atoms with van der Waals surface area (Å²) in [6, 6.07) is 11.4. The number of aromatic carboxylic acids is 1. The molecular weight excluding hydrogens is 657 g/mol. The Balaban J connectivity index is 1.47. The average molecular weight is 701 g/mol. The highest BCUT2D eigenvalue weighted by Gasteiger charge is 2.33. The molecule has 2 N–H and O–H groups in total. The van der Waals surface area contributed by atoms with E-state index in [1.54, 1.807) is 33.1 Å². The number of nitrogens with one attached hydrogen (secondary N) is 1. The molecule has 2 aromatic carbocycles. The Kier molecular flexibility index (Phi) is 9.34. The highest BCUT2D eigenvalue weighted by atomic mass is 32.2. The van der Waals surface area contributed by atoms with Crippen molar-refractivity contribution in [2.24, 2.45) is 0 Å². The van der Waals surface area contributed by atoms with Crippen LogP contribution in [0.3, 0.4) is 0 Å². The number of benzene rings is 2. The van der Waals surface area contributed by atoms with Gasteiger partial charge in [-0.15, -0.1) is 0 Å². The van der Waals surface area contributed by atoms with Gasteiger partial charge < -0.3 is 19.1 Å². The standard InChI is InChI=1S/C38H44N4O7S/c1-4-23(2)50(46,47)40-37(43)25-10-12-31-33(20-25)41-22-27(35-32(38(44)45)21-39-42(35)28-14-16-49-17-15-28)18-26-19-29(48-3)11-13-30(26)36(41)34(31)24-8-6-5-7-9-24/h10-13,18-21,23-24,28H,4-9,14-17,22H2,1-3H3,(H,40,43)(H,44,45). The number of carboxylic acids is 1. The number of ether oxygens (including phenoxy) is 2. The van der Waals surface area contributed by atoms with Crippen LogP contribution in [0.15, 0.2) is 42.6 Å². The Morgan fingerprint density at radius 2 is 1.82 bits per heavy atom. The van der Waals surface area contributed by atoms with Gasteiger partial charge in [-0.3, -0.25) is 9.48 Å². The van der Waals surface area contributed by atoms with Gasteiger partial charge in [-0.25, -0.2) is 17.9 Å². The molecule has 1 unspecified atom stereocenters. The maximum atomic E-state index is 13.5. The van der Waals surface area contributed by atoms with E-state index in [9.17, 15) is 23.1 Å². The fraction of sp³-hybridized carbons (Fsp3) is 0.447. The van der Waals surface area contributed by atoms with Crippen LogP contribution in [0.4, 0.5) is 0 Å². The van der Waals surface area contributed by atoms with E-state index in [1.165, 1.54) is 18.2 Å². The minimum absolute atomic E-state index is 0.0257. The first-order valence-corrected chi connectivity index (χ1v) is 19.2. The van der Waals surface area contributed by atoms with Crippen LogP contribution in [-0.4, -0.2) is 65.3 Å². The summed E-state index contributed by atoms with van der Waals surface area (Å²) in [6.07, 6.45) is 10.8. The lowest BCUT2D eigenvalue weighted by atomic mass is 9.81. The lowest BCUT2D eigenvalue weighted by molar-refractivity contribution is 0.0656. The Labute approximate surface area is 292 Å². The Morgan fingerprint density at radius 3 is 2.52 bits per heavy atom. The third kappa shape index (κ3) is 6.12. The van der Waals surface area contributed by atoms with E-state index in [-0.39, 0.29) is 23.1 Å². The average Bonchev–Trinajstić information content (AvgIpc) is 3.66. The molecule has 11 nitrogen and oxygen atoms in total. The highest BCUT2D eigenvalue weighted by Crippen LogP contribution is 2.48. The molecule has 12 heteroatoms. The summed E-state index contributed by atoms with van der Waals surface area (Å²) in [5.41, 5.74) is 6.56. The van der Waals surface area contributed by atoms with Gasteiger partial charge >= 0.3 is 5.97 Å². The molecular formula is C38H44N4O7S. The molecule has 1 saturated heterocycles. The van der Waals surface area contributed by atoms with Crippen LogP contribution < -0.4 is 9.46 Å². The minimum atomic E-state index is -3.86. The van der Waals surface area contributed by atoms with Crippen LogP contribution in [-0.2, 0) is 21.3 Å². The van der Waals surface area contributed by atoms with Gasteiger partial charge in [0.25, 0.3) is 5.91 Å². The predicted octanol–water partition coefficient (Wildman–Crippen LogP) is 7.02. The molecule has 1 atom stereocenters. The molecule has 0 spiro atoms. The number of aromatic nitrogens is 3. The topological polar surface area (TPSA) is 142 Å². The van der Waals surface area contributed by atoms with E-state index in [4.69, 9.17) is 9.47 Å². The van der Waals surface area contributed by atoms with Crippen LogP contribution in [0.2, 0.25) is 0 Å². The fourth-order valence-electron chi connectivity index (χ4n) is 7.88. The van der Waals surface area contributed by atoms with E-state index in [1.807, 2.05) is 22.9 Å². The molecule has 50 heavy (non-hydrogen) atoms. The van der Waals surface area contributed by atoms with Gasteiger partial charge in [-0.1, -0.05) is 32.3 Å². The van der Waals surface area contributed by atoms with Crippen molar-refractivity contribution in [2.45, 2.75) is 89.0 Å². The Hall–Kier alpha value is -4.42. The van der Waals surface area contributed by atoms with Crippen LogP contribution in [0, 0.1) is 0 Å². The summed E-state index contributed by atoms with van der Waals surface area (Å²) < 4.78 is 43.4. The molecule has 2 fully saturated rings. The van der Waals surface area contributed by atoms with Gasteiger partial charge in [0.1, 0.15) is 11.3 Å². The molecule has 4 heterocycles. The molecule has 0 radical (unpaired) electrons. The van der Waals surface area contributed by atoms with Crippen LogP contribution >= 0.6 is 0 Å². The molecule has 4 aromatic rings. The maximum absolute atomic E-state index is 13.5. The molecule has 2 aliphatic heterocycles. The predicted molar refractivity (Wildman–Crippen MR) is 192 cm³/mol. The van der Waals surface area contributed by atoms with E-state index < -0.39 is 27.1 Å². The molecule has 7 rings (SSSR count). The summed E-state index contributed by atoms with van der Waals surface area (Å²) in [5.74, 6) is -0.772. The second kappa shape index (κ2) is 13.7. The first-order chi connectivity index (χ1) is 24.1. The number of allylic oxidation sites excluding steroid dienone is 1. The summed E-state index contributed by atoms with van der Waals surface area (Å²) in [6.45, 7) is 4.80. The van der Waals surface area contributed by atoms with Gasteiger partial charge in [-0.2, -0.15) is 5.10 Å². The number of carbonyl (C=O) groups is 2. The number of amides is 1. The number of hydrogen-bond donors (Lipinski definition) is 2. The van der Waals surface area contributed by atoms with Crippen molar-refractivity contribution in [3.8, 4) is 17.0 Å². The number of fused-ring (bicyclic) bond motifs is 5. The third-order valence-corrected chi connectivity index (χ3v) is 12.6. The lowest BCUT2D eigenvalue weighted by Crippen LogP contribution is -2.36. The zero-order valence-electron chi connectivity index (χ0n) is 28.8. The third-order valence-electron chi connectivity index (χ3n) is 10.8. The number of hydrogen-bond acceptors (Lipinski definition) is 7. The van der Waals surface area contributed by atoms with E-state index in [0.29, 0.717) is 50.5 Å². The maximum Gasteiger partial charge on any atom is 0.339 e. The van der Waals surface area contributed by atoms with Crippen molar-refractivity contribution >= 4 is 44.5 Å². The van der Waals surface area contributed by atoms with Crippen molar-refractivity contribution in [3.05, 3.63) is 70.5 Å². The monoisotopic (exact) mass is 700 g/mol. The van der Waals surface area contributed by atoms with Crippen LogP contribution in [0.5, 0.6) is 5.75 Å². The number of sulfonamides is 1. The Bertz CT molecular complexity index is 2100. The highest BCUT2D eigenvalue weighted by molar-refractivity contribution is 7.90. The minimum Gasteiger partial charge on any atom is -0.497 e. The summed E-state index contributed by atoms with van der Waals surface area (Å²) in [7, 11) is -2.23. The van der Waals surface area contributed by atoms with E-state index in [2.05, 4.69) is 26.5 Å². The molecule has 0 bridgehead atoms. The number of methoxy groups -OCH3 is 1. The summed E-state index contributed by atoms with van der Waals surface area (Å²) >= 11 is 0. The second-order valence-corrected chi connectivity index (χ2v) is 15.8. The van der Waals surface area contributed by atoms with Gasteiger partial charge in [0.15, 0.2) is 0 Å². The Morgan fingerprint density at radius 1 is 1.06 bits per heavy atom. The van der Waals surface area contributed by atoms with Crippen molar-refractivity contribution in [2.75, 3.05) is 20.3 Å². The zero-order valence-corrected chi connectivity index (χ0v) is 29.6. The van der Waals surface area contributed by atoms with Gasteiger partial charge in [0.2, 0.25) is 10.0 Å². The van der Waals surface area contributed by atoms with Gasteiger partial charge in [0.05, 0.1) is 42.5 Å². The smallest absolute Gasteiger partial charge is 0.339 e. The zero-order chi connectivity index (χ0) is 35.2. The van der Waals surface area contributed by atoms with Gasteiger partial charge in [-0.05, 0) is 98.1 Å². The second-order valence-electron chi connectivity index (χ2n) is 13.7. The van der Waals surface area contributed by atoms with Crippen LogP contribution in [0.25, 0.3) is 33.8 Å². The first kappa shape index (κ1) is 34.0. The number of rotatable bonds is 9. The lowest BCUT2D eigenvalue weighted by Gasteiger charge is -2.25. The molecule has 1 aliphatic carbocycles. The molecule has 1 amide bonds. The number of nitrogens with zero attached hydrogens (tertiary/aromatic N) is 3. The normalized spacial score (nSPS) is 17.8. The molecule has 264 valence electrons. The van der Waals surface area contributed by atoms with Crippen molar-refractivity contribution < 1.29 is 32.6 Å². The number of carbonyl (C=O) groups excluding carboxylic acids is 1. The van der Waals surface area contributed by atoms with E-state index in [0.717, 1.165) is 59.0 Å². The quantitative estimate of drug-likeness (QED) is 0.190. The first-order valence-electron chi connectivity index (χ1n) is 17.6. The van der Waals surface area contributed by atoms with Crippen LogP contribution in [0.1, 0.15) is 115 Å². The summed E-state index contributed by atoms with van der Waals surface area (Å²) in [5, 5.41) is 15.3. The van der Waals surface area contributed by atoms with Crippen molar-refractivity contribution in [3.63, 3.8) is 0 Å². The van der Waals surface area contributed by atoms with Gasteiger partial charge in [0, 0.05) is 35.2 Å². The van der Waals surface area contributed by atoms with Crippen molar-refractivity contribution in [1.29, 1.82) is 0 Å². The molecule has 3 aliphatic rings. The number of carboxylic acid groups (broad SMARTS) is 1. The largest absolute Gasteiger partial charge is 0.497 e. The van der Waals surface area contributed by atoms with Crippen molar-refractivity contribution in [1.82, 2.24) is 19.1 Å². The SMILES string of the molecule is CCC(C)S(=O)(=O)NC(=O)c1ccc2c(C3CCCCC3)c3n(c2c1)CC(c1c(C(=O)O)cnn1C1CCOCC1)=Cc1cc(OC)ccc1-3.